The Bertz CT molecular complexity index is 1370. The van der Waals surface area contributed by atoms with Gasteiger partial charge in [0.15, 0.2) is 0 Å². The number of allylic oxidation sites excluding steroid dienone is 1. The molecule has 1 fully saturated rings. The summed E-state index contributed by atoms with van der Waals surface area (Å²) in [7, 11) is -1.94. The first kappa shape index (κ1) is 29.3. The minimum absolute atomic E-state index is 0.131. The number of fused-ring (bicyclic) bond motifs is 1. The molecule has 2 heterocycles. The predicted octanol–water partition coefficient (Wildman–Crippen LogP) is 8.71. The zero-order valence-corrected chi connectivity index (χ0v) is 26.5. The second-order valence-corrected chi connectivity index (χ2v) is 17.6. The summed E-state index contributed by atoms with van der Waals surface area (Å²) in [4.78, 5) is 2.49. The molecule has 2 aliphatic heterocycles. The van der Waals surface area contributed by atoms with Crippen LogP contribution < -0.4 is 13.9 Å². The number of hydrogen-bond donors (Lipinski definition) is 1. The molecule has 5 nitrogen and oxygen atoms in total. The molecular weight excluding hydrogens is 526 g/mol. The maximum atomic E-state index is 10.2. The molecule has 0 aliphatic carbocycles. The molecule has 3 aromatic rings. The molecule has 218 valence electrons. The molecule has 3 aromatic carbocycles. The molecule has 6 heteroatoms. The summed E-state index contributed by atoms with van der Waals surface area (Å²) >= 11 is 0. The van der Waals surface area contributed by atoms with E-state index in [0.29, 0.717) is 12.4 Å². The highest BCUT2D eigenvalue weighted by Crippen LogP contribution is 2.48. The van der Waals surface area contributed by atoms with Crippen molar-refractivity contribution in [3.8, 4) is 23.0 Å². The van der Waals surface area contributed by atoms with E-state index < -0.39 is 8.32 Å². The summed E-state index contributed by atoms with van der Waals surface area (Å²) in [6.07, 6.45) is 3.60. The van der Waals surface area contributed by atoms with E-state index in [4.69, 9.17) is 13.9 Å². The van der Waals surface area contributed by atoms with Crippen molar-refractivity contribution in [2.24, 2.45) is 0 Å². The van der Waals surface area contributed by atoms with Crippen molar-refractivity contribution in [1.82, 2.24) is 4.90 Å². The summed E-state index contributed by atoms with van der Waals surface area (Å²) in [6.45, 7) is 17.5. The Morgan fingerprint density at radius 2 is 1.56 bits per heavy atom. The van der Waals surface area contributed by atoms with Crippen LogP contribution in [0.25, 0.3) is 11.1 Å². The van der Waals surface area contributed by atoms with E-state index in [1.165, 1.54) is 32.4 Å². The van der Waals surface area contributed by atoms with E-state index >= 15 is 0 Å². The lowest BCUT2D eigenvalue weighted by Gasteiger charge is -2.36. The van der Waals surface area contributed by atoms with E-state index in [0.717, 1.165) is 45.9 Å². The van der Waals surface area contributed by atoms with Gasteiger partial charge in [0, 0.05) is 23.7 Å². The number of benzene rings is 3. The first-order chi connectivity index (χ1) is 19.5. The Hall–Kier alpha value is -3.22. The molecule has 0 amide bonds. The molecule has 0 radical (unpaired) electrons. The van der Waals surface area contributed by atoms with Gasteiger partial charge >= 0.3 is 0 Å². The fourth-order valence-corrected chi connectivity index (χ4v) is 6.44. The zero-order valence-electron chi connectivity index (χ0n) is 25.5. The van der Waals surface area contributed by atoms with Gasteiger partial charge in [0.2, 0.25) is 8.32 Å². The fraction of sp³-hybridized carbons (Fsp3) is 0.429. The number of aromatic hydroxyl groups is 1. The molecule has 1 saturated heterocycles. The number of hydrogen-bond acceptors (Lipinski definition) is 5. The number of phenolic OH excluding ortho intramolecular Hbond substituents is 1. The average molecular weight is 572 g/mol. The normalized spacial score (nSPS) is 18.0. The maximum Gasteiger partial charge on any atom is 0.250 e. The summed E-state index contributed by atoms with van der Waals surface area (Å²) in [6, 6.07) is 22.1. The summed E-state index contributed by atoms with van der Waals surface area (Å²) in [5, 5.41) is 10.3. The topological polar surface area (TPSA) is 51.2 Å². The number of phenols is 1. The minimum atomic E-state index is -1.94. The quantitative estimate of drug-likeness (QED) is 0.274. The molecule has 5 rings (SSSR count). The monoisotopic (exact) mass is 571 g/mol. The highest BCUT2D eigenvalue weighted by atomic mass is 28.4. The second kappa shape index (κ2) is 11.9. The van der Waals surface area contributed by atoms with Crippen LogP contribution in [0.15, 0.2) is 66.7 Å². The first-order valence-electron chi connectivity index (χ1n) is 15.0. The standard InChI is InChI=1S/C35H45NO4Si/c1-25-31-19-14-28(37)24-32(31)39-34(27-12-15-29(16-13-27)38-23-22-36-20-8-7-9-21-36)33(25)26-10-17-30(18-11-26)40-41(5,6)35(2,3)4/h10-19,24,34,37H,7-9,20-23H2,1-6H3/t34-/m0/s1. The van der Waals surface area contributed by atoms with Gasteiger partial charge in [0.1, 0.15) is 35.7 Å². The van der Waals surface area contributed by atoms with Gasteiger partial charge < -0.3 is 19.0 Å². The second-order valence-electron chi connectivity index (χ2n) is 12.9. The number of nitrogens with zero attached hydrogens (tertiary/aromatic N) is 1. The minimum Gasteiger partial charge on any atom is -0.544 e. The van der Waals surface area contributed by atoms with E-state index in [1.807, 2.05) is 18.2 Å². The fourth-order valence-electron chi connectivity index (χ4n) is 5.41. The van der Waals surface area contributed by atoms with Crippen molar-refractivity contribution in [3.63, 3.8) is 0 Å². The molecule has 2 aliphatic rings. The van der Waals surface area contributed by atoms with Gasteiger partial charge in [-0.1, -0.05) is 51.5 Å². The van der Waals surface area contributed by atoms with E-state index in [2.05, 4.69) is 82.1 Å². The molecule has 1 atom stereocenters. The van der Waals surface area contributed by atoms with Crippen LogP contribution in [0.4, 0.5) is 0 Å². The van der Waals surface area contributed by atoms with Gasteiger partial charge in [0.05, 0.1) is 0 Å². The lowest BCUT2D eigenvalue weighted by molar-refractivity contribution is 0.183. The van der Waals surface area contributed by atoms with Crippen LogP contribution in [0.2, 0.25) is 18.1 Å². The lowest BCUT2D eigenvalue weighted by atomic mass is 9.86. The van der Waals surface area contributed by atoms with Crippen molar-refractivity contribution in [3.05, 3.63) is 83.4 Å². The molecule has 0 bridgehead atoms. The van der Waals surface area contributed by atoms with Crippen LogP contribution in [-0.2, 0) is 0 Å². The Morgan fingerprint density at radius 1 is 0.902 bits per heavy atom. The largest absolute Gasteiger partial charge is 0.544 e. The Balaban J connectivity index is 1.39. The van der Waals surface area contributed by atoms with Crippen molar-refractivity contribution in [2.45, 2.75) is 71.2 Å². The summed E-state index contributed by atoms with van der Waals surface area (Å²) in [5.41, 5.74) is 5.37. The van der Waals surface area contributed by atoms with Crippen LogP contribution in [0.3, 0.4) is 0 Å². The molecule has 0 saturated carbocycles. The maximum absolute atomic E-state index is 10.2. The molecular formula is C35H45NO4Si. The van der Waals surface area contributed by atoms with Crippen LogP contribution in [0.5, 0.6) is 23.0 Å². The lowest BCUT2D eigenvalue weighted by Crippen LogP contribution is -2.43. The summed E-state index contributed by atoms with van der Waals surface area (Å²) in [5.74, 6) is 2.66. The number of ether oxygens (including phenoxy) is 2. The van der Waals surface area contributed by atoms with Gasteiger partial charge in [0.25, 0.3) is 0 Å². The van der Waals surface area contributed by atoms with Crippen molar-refractivity contribution in [2.75, 3.05) is 26.2 Å². The highest BCUT2D eigenvalue weighted by Gasteiger charge is 2.39. The first-order valence-corrected chi connectivity index (χ1v) is 17.9. The van der Waals surface area contributed by atoms with Crippen LogP contribution in [0.1, 0.15) is 69.8 Å². The number of likely N-dealkylation sites (tertiary alicyclic amines) is 1. The Kier molecular flexibility index (Phi) is 8.53. The smallest absolute Gasteiger partial charge is 0.250 e. The SMILES string of the molecule is CC1=C(c2ccc(O[Si](C)(C)C(C)(C)C)cc2)[C@H](c2ccc(OCCN3CCCCC3)cc2)Oc2cc(O)ccc21. The van der Waals surface area contributed by atoms with Crippen molar-refractivity contribution in [1.29, 1.82) is 0 Å². The Labute approximate surface area is 246 Å². The van der Waals surface area contributed by atoms with E-state index in [-0.39, 0.29) is 16.9 Å². The van der Waals surface area contributed by atoms with E-state index in [9.17, 15) is 5.11 Å². The number of piperidine rings is 1. The van der Waals surface area contributed by atoms with Gasteiger partial charge in [-0.25, -0.2) is 0 Å². The molecule has 0 aromatic heterocycles. The zero-order chi connectivity index (χ0) is 29.2. The predicted molar refractivity (Wildman–Crippen MR) is 170 cm³/mol. The Morgan fingerprint density at radius 3 is 2.22 bits per heavy atom. The third-order valence-corrected chi connectivity index (χ3v) is 13.3. The van der Waals surface area contributed by atoms with Gasteiger partial charge in [-0.15, -0.1) is 0 Å². The van der Waals surface area contributed by atoms with Gasteiger partial charge in [-0.3, -0.25) is 4.90 Å². The third kappa shape index (κ3) is 6.65. The van der Waals surface area contributed by atoms with Crippen LogP contribution in [-0.4, -0.2) is 44.6 Å². The van der Waals surface area contributed by atoms with E-state index in [1.54, 1.807) is 12.1 Å². The molecule has 0 unspecified atom stereocenters. The average Bonchev–Trinajstić information content (AvgIpc) is 2.94. The highest BCUT2D eigenvalue weighted by molar-refractivity contribution is 6.74. The molecule has 0 spiro atoms. The summed E-state index contributed by atoms with van der Waals surface area (Å²) < 4.78 is 19.2. The van der Waals surface area contributed by atoms with Crippen molar-refractivity contribution >= 4 is 19.5 Å². The van der Waals surface area contributed by atoms with Crippen LogP contribution in [0, 0.1) is 0 Å². The number of rotatable bonds is 8. The molecule has 1 N–H and O–H groups in total. The van der Waals surface area contributed by atoms with Gasteiger partial charge in [-0.2, -0.15) is 0 Å². The van der Waals surface area contributed by atoms with Crippen molar-refractivity contribution < 1.29 is 19.0 Å². The van der Waals surface area contributed by atoms with Gasteiger partial charge in [-0.05, 0) is 104 Å². The van der Waals surface area contributed by atoms with Crippen LogP contribution >= 0.6 is 0 Å². The third-order valence-electron chi connectivity index (χ3n) is 8.93. The molecule has 41 heavy (non-hydrogen) atoms.